The molecular formula is C20H19FN4O2. The van der Waals surface area contributed by atoms with E-state index >= 15 is 0 Å². The van der Waals surface area contributed by atoms with Crippen molar-refractivity contribution in [2.24, 2.45) is 0 Å². The molecule has 0 radical (unpaired) electrons. The van der Waals surface area contributed by atoms with E-state index in [-0.39, 0.29) is 23.4 Å². The number of aromatic nitrogens is 2. The number of benzene rings is 2. The van der Waals surface area contributed by atoms with E-state index in [9.17, 15) is 9.18 Å². The van der Waals surface area contributed by atoms with E-state index in [1.54, 1.807) is 12.1 Å². The number of hydrogen-bond donors (Lipinski definition) is 2. The molecule has 2 N–H and O–H groups in total. The Morgan fingerprint density at radius 3 is 2.48 bits per heavy atom. The molecule has 3 rings (SSSR count). The van der Waals surface area contributed by atoms with Gasteiger partial charge in [-0.05, 0) is 44.2 Å². The summed E-state index contributed by atoms with van der Waals surface area (Å²) < 4.78 is 19.5. The van der Waals surface area contributed by atoms with Crippen molar-refractivity contribution in [3.63, 3.8) is 0 Å². The van der Waals surface area contributed by atoms with Gasteiger partial charge in [-0.25, -0.2) is 14.4 Å². The lowest BCUT2D eigenvalue weighted by molar-refractivity contribution is 0.102. The van der Waals surface area contributed by atoms with E-state index in [0.29, 0.717) is 11.4 Å². The number of anilines is 3. The third-order valence-electron chi connectivity index (χ3n) is 3.51. The number of nitrogens with zero attached hydrogens (tertiary/aromatic N) is 2. The third-order valence-corrected chi connectivity index (χ3v) is 3.51. The summed E-state index contributed by atoms with van der Waals surface area (Å²) >= 11 is 0. The first-order valence-corrected chi connectivity index (χ1v) is 8.44. The summed E-state index contributed by atoms with van der Waals surface area (Å²) in [4.78, 5) is 20.7. The Morgan fingerprint density at radius 2 is 1.74 bits per heavy atom. The van der Waals surface area contributed by atoms with Crippen molar-refractivity contribution in [2.75, 3.05) is 10.6 Å². The molecule has 0 fully saturated rings. The molecule has 2 aromatic carbocycles. The van der Waals surface area contributed by atoms with Gasteiger partial charge in [0.1, 0.15) is 17.3 Å². The lowest BCUT2D eigenvalue weighted by atomic mass is 10.3. The van der Waals surface area contributed by atoms with Crippen molar-refractivity contribution in [1.82, 2.24) is 9.97 Å². The van der Waals surface area contributed by atoms with Crippen molar-refractivity contribution in [3.05, 3.63) is 72.3 Å². The first-order valence-electron chi connectivity index (χ1n) is 8.44. The second-order valence-electron chi connectivity index (χ2n) is 5.99. The van der Waals surface area contributed by atoms with E-state index in [4.69, 9.17) is 4.74 Å². The predicted octanol–water partition coefficient (Wildman–Crippen LogP) is 4.40. The van der Waals surface area contributed by atoms with E-state index in [2.05, 4.69) is 20.6 Å². The topological polar surface area (TPSA) is 76.1 Å². The maximum Gasteiger partial charge on any atom is 0.274 e. The van der Waals surface area contributed by atoms with Gasteiger partial charge in [-0.2, -0.15) is 0 Å². The normalized spacial score (nSPS) is 10.5. The average molecular weight is 366 g/mol. The zero-order chi connectivity index (χ0) is 19.2. The highest BCUT2D eigenvalue weighted by Gasteiger charge is 2.12. The van der Waals surface area contributed by atoms with E-state index < -0.39 is 11.7 Å². The molecule has 6 nitrogen and oxygen atoms in total. The van der Waals surface area contributed by atoms with Crippen molar-refractivity contribution >= 4 is 23.2 Å². The van der Waals surface area contributed by atoms with Crippen LogP contribution in [0.15, 0.2) is 60.8 Å². The highest BCUT2D eigenvalue weighted by molar-refractivity contribution is 6.03. The van der Waals surface area contributed by atoms with E-state index in [1.807, 2.05) is 38.1 Å². The zero-order valence-electron chi connectivity index (χ0n) is 14.9. The molecule has 0 aliphatic heterocycles. The fourth-order valence-electron chi connectivity index (χ4n) is 2.34. The summed E-state index contributed by atoms with van der Waals surface area (Å²) in [6.45, 7) is 3.86. The molecule has 27 heavy (non-hydrogen) atoms. The molecule has 0 aliphatic carbocycles. The smallest absolute Gasteiger partial charge is 0.274 e. The fraction of sp³-hybridized carbons (Fsp3) is 0.150. The Morgan fingerprint density at radius 1 is 1.04 bits per heavy atom. The Hall–Kier alpha value is -3.48. The van der Waals surface area contributed by atoms with Crippen molar-refractivity contribution in [1.29, 1.82) is 0 Å². The average Bonchev–Trinajstić information content (AvgIpc) is 2.65. The summed E-state index contributed by atoms with van der Waals surface area (Å²) in [6, 6.07) is 14.8. The van der Waals surface area contributed by atoms with Gasteiger partial charge in [0.05, 0.1) is 17.5 Å². The van der Waals surface area contributed by atoms with Crippen LogP contribution in [0.2, 0.25) is 0 Å². The van der Waals surface area contributed by atoms with Crippen LogP contribution < -0.4 is 15.4 Å². The summed E-state index contributed by atoms with van der Waals surface area (Å²) in [5, 5.41) is 5.55. The molecule has 1 amide bonds. The van der Waals surface area contributed by atoms with Crippen molar-refractivity contribution in [2.45, 2.75) is 20.0 Å². The molecule has 0 aliphatic rings. The lowest BCUT2D eigenvalue weighted by Crippen LogP contribution is -2.15. The molecule has 0 spiro atoms. The van der Waals surface area contributed by atoms with Gasteiger partial charge in [-0.1, -0.05) is 24.3 Å². The van der Waals surface area contributed by atoms with Gasteiger partial charge in [0.2, 0.25) is 5.95 Å². The van der Waals surface area contributed by atoms with Gasteiger partial charge in [0.15, 0.2) is 0 Å². The van der Waals surface area contributed by atoms with Crippen LogP contribution in [-0.4, -0.2) is 22.0 Å². The van der Waals surface area contributed by atoms with Crippen molar-refractivity contribution in [3.8, 4) is 5.75 Å². The van der Waals surface area contributed by atoms with E-state index in [1.165, 1.54) is 24.4 Å². The molecule has 138 valence electrons. The summed E-state index contributed by atoms with van der Waals surface area (Å²) in [5.41, 5.74) is 0.877. The summed E-state index contributed by atoms with van der Waals surface area (Å²) in [6.07, 6.45) is 1.46. The quantitative estimate of drug-likeness (QED) is 0.676. The molecule has 1 heterocycles. The zero-order valence-corrected chi connectivity index (χ0v) is 14.9. The molecule has 7 heteroatoms. The number of amides is 1. The second kappa shape index (κ2) is 8.27. The van der Waals surface area contributed by atoms with E-state index in [0.717, 1.165) is 0 Å². The standard InChI is InChI=1S/C20H19FN4O2/c1-13(2)27-18-10-6-5-9-16(18)24-20-22-12-11-17(25-20)19(26)23-15-8-4-3-7-14(15)21/h3-13H,1-2H3,(H,23,26)(H,22,24,25). The number of carbonyl (C=O) groups excluding carboxylic acids is 1. The first kappa shape index (κ1) is 18.3. The molecule has 0 bridgehead atoms. The van der Waals surface area contributed by atoms with Gasteiger partial charge in [-0.3, -0.25) is 4.79 Å². The largest absolute Gasteiger partial charge is 0.489 e. The summed E-state index contributed by atoms with van der Waals surface area (Å²) in [5.74, 6) is -0.163. The van der Waals surface area contributed by atoms with Gasteiger partial charge < -0.3 is 15.4 Å². The molecule has 0 unspecified atom stereocenters. The van der Waals surface area contributed by atoms with Gasteiger partial charge in [0, 0.05) is 6.20 Å². The Labute approximate surface area is 156 Å². The van der Waals surface area contributed by atoms with Crippen LogP contribution in [0.3, 0.4) is 0 Å². The van der Waals surface area contributed by atoms with Gasteiger partial charge in [0.25, 0.3) is 5.91 Å². The van der Waals surface area contributed by atoms with Gasteiger partial charge in [-0.15, -0.1) is 0 Å². The SMILES string of the molecule is CC(C)Oc1ccccc1Nc1nccc(C(=O)Nc2ccccc2F)n1. The number of hydrogen-bond acceptors (Lipinski definition) is 5. The monoisotopic (exact) mass is 366 g/mol. The second-order valence-corrected chi connectivity index (χ2v) is 5.99. The van der Waals surface area contributed by atoms with Crippen LogP contribution in [0.4, 0.5) is 21.7 Å². The Balaban J connectivity index is 1.78. The molecule has 0 saturated heterocycles. The molecular weight excluding hydrogens is 347 g/mol. The molecule has 0 atom stereocenters. The minimum Gasteiger partial charge on any atom is -0.489 e. The lowest BCUT2D eigenvalue weighted by Gasteiger charge is -2.14. The maximum absolute atomic E-state index is 13.7. The number of carbonyl (C=O) groups is 1. The first-order chi connectivity index (χ1) is 13.0. The number of halogens is 1. The summed E-state index contributed by atoms with van der Waals surface area (Å²) in [7, 11) is 0. The Bertz CT molecular complexity index is 947. The number of rotatable bonds is 6. The highest BCUT2D eigenvalue weighted by atomic mass is 19.1. The Kier molecular flexibility index (Phi) is 5.61. The van der Waals surface area contributed by atoms with Crippen LogP contribution in [0.25, 0.3) is 0 Å². The highest BCUT2D eigenvalue weighted by Crippen LogP contribution is 2.27. The number of ether oxygens (including phenoxy) is 1. The van der Waals surface area contributed by atoms with Crippen LogP contribution in [-0.2, 0) is 0 Å². The van der Waals surface area contributed by atoms with Crippen LogP contribution in [0.1, 0.15) is 24.3 Å². The minimum absolute atomic E-state index is 0.00625. The van der Waals surface area contributed by atoms with Crippen LogP contribution in [0, 0.1) is 5.82 Å². The number of nitrogens with one attached hydrogen (secondary N) is 2. The number of para-hydroxylation sites is 3. The molecule has 3 aromatic rings. The molecule has 0 saturated carbocycles. The predicted molar refractivity (Wildman–Crippen MR) is 102 cm³/mol. The maximum atomic E-state index is 13.7. The van der Waals surface area contributed by atoms with Gasteiger partial charge >= 0.3 is 0 Å². The minimum atomic E-state index is -0.530. The van der Waals surface area contributed by atoms with Crippen LogP contribution >= 0.6 is 0 Å². The van der Waals surface area contributed by atoms with Crippen molar-refractivity contribution < 1.29 is 13.9 Å². The molecule has 1 aromatic heterocycles. The van der Waals surface area contributed by atoms with Crippen LogP contribution in [0.5, 0.6) is 5.75 Å². The fourth-order valence-corrected chi connectivity index (χ4v) is 2.34. The third kappa shape index (κ3) is 4.78.